The Morgan fingerprint density at radius 1 is 0.971 bits per heavy atom. The summed E-state index contributed by atoms with van der Waals surface area (Å²) in [5.74, 6) is -1.24. The van der Waals surface area contributed by atoms with Gasteiger partial charge in [0.05, 0.1) is 25.7 Å². The van der Waals surface area contributed by atoms with Gasteiger partial charge in [0.1, 0.15) is 6.10 Å². The quantitative estimate of drug-likeness (QED) is 0.405. The van der Waals surface area contributed by atoms with Crippen LogP contribution in [0.4, 0.5) is 0 Å². The number of hydrogen-bond donors (Lipinski definition) is 0. The SMILES string of the molecule is CCOC(=O)C[C@@H]1[C@@H]2OC(C)(C)O[C@@H]2O[C@@H]1CO[Si](c1ccccc1)(c1ccccc1)C(C)(C)C. The fourth-order valence-electron chi connectivity index (χ4n) is 5.43. The molecule has 35 heavy (non-hydrogen) atoms. The molecule has 2 aromatic rings. The molecule has 0 saturated carbocycles. The van der Waals surface area contributed by atoms with Gasteiger partial charge in [-0.05, 0) is 36.2 Å². The Balaban J connectivity index is 1.67. The molecule has 2 heterocycles. The Labute approximate surface area is 210 Å². The molecule has 0 N–H and O–H groups in total. The summed E-state index contributed by atoms with van der Waals surface area (Å²) in [4.78, 5) is 12.5. The molecular weight excluding hydrogens is 460 g/mol. The summed E-state index contributed by atoms with van der Waals surface area (Å²) >= 11 is 0. The van der Waals surface area contributed by atoms with E-state index in [2.05, 4.69) is 69.3 Å². The zero-order valence-electron chi connectivity index (χ0n) is 21.7. The highest BCUT2D eigenvalue weighted by Gasteiger charge is 2.57. The summed E-state index contributed by atoms with van der Waals surface area (Å²) < 4.78 is 30.9. The van der Waals surface area contributed by atoms with Crippen LogP contribution in [0, 0.1) is 5.92 Å². The maximum absolute atomic E-state index is 12.5. The number of hydrogen-bond acceptors (Lipinski definition) is 6. The van der Waals surface area contributed by atoms with Crippen molar-refractivity contribution in [3.8, 4) is 0 Å². The first-order valence-electron chi connectivity index (χ1n) is 12.5. The number of ether oxygens (including phenoxy) is 4. The van der Waals surface area contributed by atoms with E-state index in [9.17, 15) is 4.79 Å². The lowest BCUT2D eigenvalue weighted by Crippen LogP contribution is -2.67. The second-order valence-electron chi connectivity index (χ2n) is 10.8. The normalized spacial score (nSPS) is 25.9. The fraction of sp³-hybridized carbons (Fsp3) is 0.536. The lowest BCUT2D eigenvalue weighted by molar-refractivity contribution is -0.213. The summed E-state index contributed by atoms with van der Waals surface area (Å²) in [7, 11) is -2.74. The number of rotatable bonds is 8. The minimum absolute atomic E-state index is 0.157. The summed E-state index contributed by atoms with van der Waals surface area (Å²) in [5.41, 5.74) is 0. The van der Waals surface area contributed by atoms with Gasteiger partial charge in [0, 0.05) is 5.92 Å². The Morgan fingerprint density at radius 2 is 1.54 bits per heavy atom. The highest BCUT2D eigenvalue weighted by molar-refractivity contribution is 6.99. The third kappa shape index (κ3) is 5.25. The second-order valence-corrected chi connectivity index (χ2v) is 15.1. The first-order chi connectivity index (χ1) is 16.6. The molecule has 190 valence electrons. The highest BCUT2D eigenvalue weighted by Crippen LogP contribution is 2.43. The van der Waals surface area contributed by atoms with Crippen molar-refractivity contribution in [2.75, 3.05) is 13.2 Å². The molecule has 0 bridgehead atoms. The van der Waals surface area contributed by atoms with Gasteiger partial charge in [-0.25, -0.2) is 0 Å². The lowest BCUT2D eigenvalue weighted by atomic mass is 9.95. The van der Waals surface area contributed by atoms with E-state index in [1.165, 1.54) is 10.4 Å². The first-order valence-corrected chi connectivity index (χ1v) is 14.4. The number of carbonyl (C=O) groups is 1. The molecular formula is C28H38O6Si. The molecule has 2 aliphatic heterocycles. The molecule has 0 amide bonds. The van der Waals surface area contributed by atoms with Crippen LogP contribution in [0.2, 0.25) is 5.04 Å². The maximum Gasteiger partial charge on any atom is 0.306 e. The third-order valence-electron chi connectivity index (χ3n) is 6.89. The number of carbonyl (C=O) groups excluding carboxylic acids is 1. The zero-order chi connectivity index (χ0) is 25.3. The molecule has 0 radical (unpaired) electrons. The lowest BCUT2D eigenvalue weighted by Gasteiger charge is -2.43. The van der Waals surface area contributed by atoms with Crippen molar-refractivity contribution in [1.29, 1.82) is 0 Å². The van der Waals surface area contributed by atoms with Gasteiger partial charge in [-0.1, -0.05) is 81.4 Å². The molecule has 7 heteroatoms. The Bertz CT molecular complexity index is 948. The molecule has 4 rings (SSSR count). The summed E-state index contributed by atoms with van der Waals surface area (Å²) in [6.45, 7) is 12.9. The van der Waals surface area contributed by atoms with E-state index < -0.39 is 20.4 Å². The van der Waals surface area contributed by atoms with Crippen LogP contribution in [0.5, 0.6) is 0 Å². The minimum Gasteiger partial charge on any atom is -0.466 e. The predicted octanol–water partition coefficient (Wildman–Crippen LogP) is 4.01. The number of esters is 1. The standard InChI is InChI=1S/C28H38O6Si/c1-7-30-24(29)18-22-23(32-26-25(22)33-28(5,6)34-26)19-31-35(27(2,3)4,20-14-10-8-11-15-20)21-16-12-9-13-17-21/h8-17,22-23,25-26H,7,18-19H2,1-6H3/t22-,23+,25-,26-/m0/s1. The third-order valence-corrected chi connectivity index (χ3v) is 11.9. The molecule has 6 nitrogen and oxygen atoms in total. The fourth-order valence-corrected chi connectivity index (χ4v) is 10.00. The van der Waals surface area contributed by atoms with Crippen molar-refractivity contribution < 1.29 is 28.2 Å². The topological polar surface area (TPSA) is 63.2 Å². The second kappa shape index (κ2) is 10.1. The molecule has 0 spiro atoms. The van der Waals surface area contributed by atoms with Crippen LogP contribution < -0.4 is 10.4 Å². The minimum atomic E-state index is -2.74. The van der Waals surface area contributed by atoms with Crippen molar-refractivity contribution in [3.05, 3.63) is 60.7 Å². The van der Waals surface area contributed by atoms with Crippen LogP contribution in [0.25, 0.3) is 0 Å². The van der Waals surface area contributed by atoms with Gasteiger partial charge in [-0.2, -0.15) is 0 Å². The number of fused-ring (bicyclic) bond motifs is 1. The monoisotopic (exact) mass is 498 g/mol. The smallest absolute Gasteiger partial charge is 0.306 e. The van der Waals surface area contributed by atoms with Crippen LogP contribution >= 0.6 is 0 Å². The van der Waals surface area contributed by atoms with Crippen LogP contribution in [0.3, 0.4) is 0 Å². The van der Waals surface area contributed by atoms with Crippen molar-refractivity contribution in [1.82, 2.24) is 0 Å². The zero-order valence-corrected chi connectivity index (χ0v) is 22.7. The average molecular weight is 499 g/mol. The maximum atomic E-state index is 12.5. The van der Waals surface area contributed by atoms with E-state index in [4.69, 9.17) is 23.4 Å². The molecule has 2 saturated heterocycles. The van der Waals surface area contributed by atoms with Gasteiger partial charge in [0.15, 0.2) is 12.1 Å². The molecule has 2 aromatic carbocycles. The van der Waals surface area contributed by atoms with Gasteiger partial charge in [0.2, 0.25) is 0 Å². The Kier molecular flexibility index (Phi) is 7.55. The Hall–Kier alpha value is -2.03. The van der Waals surface area contributed by atoms with Crippen molar-refractivity contribution in [2.45, 2.75) is 77.3 Å². The molecule has 0 unspecified atom stereocenters. The van der Waals surface area contributed by atoms with Crippen LogP contribution in [-0.4, -0.2) is 51.8 Å². The molecule has 2 fully saturated rings. The molecule has 0 aromatic heterocycles. The van der Waals surface area contributed by atoms with Gasteiger partial charge in [-0.3, -0.25) is 4.79 Å². The van der Waals surface area contributed by atoms with Gasteiger partial charge in [-0.15, -0.1) is 0 Å². The number of benzene rings is 2. The Morgan fingerprint density at radius 3 is 2.06 bits per heavy atom. The van der Waals surface area contributed by atoms with Gasteiger partial charge >= 0.3 is 5.97 Å². The average Bonchev–Trinajstić information content (AvgIpc) is 3.27. The van der Waals surface area contributed by atoms with E-state index in [0.29, 0.717) is 13.2 Å². The summed E-state index contributed by atoms with van der Waals surface area (Å²) in [6, 6.07) is 21.0. The summed E-state index contributed by atoms with van der Waals surface area (Å²) in [5, 5.41) is 2.25. The van der Waals surface area contributed by atoms with Crippen molar-refractivity contribution >= 4 is 24.7 Å². The predicted molar refractivity (Wildman–Crippen MR) is 137 cm³/mol. The largest absolute Gasteiger partial charge is 0.466 e. The van der Waals surface area contributed by atoms with Crippen LogP contribution in [0.15, 0.2) is 60.7 Å². The van der Waals surface area contributed by atoms with Gasteiger partial charge < -0.3 is 23.4 Å². The van der Waals surface area contributed by atoms with E-state index in [-0.39, 0.29) is 35.6 Å². The van der Waals surface area contributed by atoms with E-state index in [1.807, 2.05) is 32.9 Å². The van der Waals surface area contributed by atoms with Crippen molar-refractivity contribution in [3.63, 3.8) is 0 Å². The van der Waals surface area contributed by atoms with Crippen LogP contribution in [-0.2, 0) is 28.2 Å². The molecule has 4 atom stereocenters. The molecule has 0 aliphatic carbocycles. The van der Waals surface area contributed by atoms with Crippen molar-refractivity contribution in [2.24, 2.45) is 5.92 Å². The highest BCUT2D eigenvalue weighted by atomic mass is 28.4. The molecule has 2 aliphatic rings. The van der Waals surface area contributed by atoms with E-state index in [1.54, 1.807) is 0 Å². The summed E-state index contributed by atoms with van der Waals surface area (Å²) in [6.07, 6.45) is -1.03. The van der Waals surface area contributed by atoms with Crippen LogP contribution in [0.1, 0.15) is 48.0 Å². The van der Waals surface area contributed by atoms with Gasteiger partial charge in [0.25, 0.3) is 8.32 Å². The van der Waals surface area contributed by atoms with E-state index in [0.717, 1.165) is 0 Å². The first kappa shape index (κ1) is 26.0. The van der Waals surface area contributed by atoms with E-state index >= 15 is 0 Å².